The van der Waals surface area contributed by atoms with Crippen LogP contribution in [0.1, 0.15) is 38.8 Å². The van der Waals surface area contributed by atoms with Gasteiger partial charge in [-0.25, -0.2) is 0 Å². The van der Waals surface area contributed by atoms with Crippen molar-refractivity contribution in [1.82, 2.24) is 5.32 Å². The summed E-state index contributed by atoms with van der Waals surface area (Å²) in [5, 5.41) is 3.11. The van der Waals surface area contributed by atoms with Crippen LogP contribution in [0.4, 0.5) is 0 Å². The molecule has 86 valence electrons. The van der Waals surface area contributed by atoms with Gasteiger partial charge in [-0.2, -0.15) is 0 Å². The molecule has 0 aliphatic rings. The number of aryl methyl sites for hydroxylation is 2. The average Bonchev–Trinajstić information content (AvgIpc) is 2.31. The normalized spacial score (nSPS) is 9.33. The summed E-state index contributed by atoms with van der Waals surface area (Å²) in [6.45, 7) is 10.8. The van der Waals surface area contributed by atoms with Gasteiger partial charge in [0.05, 0.1) is 0 Å². The summed E-state index contributed by atoms with van der Waals surface area (Å²) in [4.78, 5) is 0. The van der Waals surface area contributed by atoms with Gasteiger partial charge in [0.1, 0.15) is 0 Å². The molecule has 0 radical (unpaired) electrons. The minimum Gasteiger partial charge on any atom is -0.317 e. The van der Waals surface area contributed by atoms with Crippen LogP contribution in [0.3, 0.4) is 0 Å². The van der Waals surface area contributed by atoms with Gasteiger partial charge in [-0.3, -0.25) is 0 Å². The van der Waals surface area contributed by atoms with E-state index in [-0.39, 0.29) is 0 Å². The van der Waals surface area contributed by atoms with Gasteiger partial charge in [0.15, 0.2) is 0 Å². The van der Waals surface area contributed by atoms with Crippen LogP contribution in [0.15, 0.2) is 24.3 Å². The summed E-state index contributed by atoms with van der Waals surface area (Å²) >= 11 is 0. The van der Waals surface area contributed by atoms with E-state index in [1.54, 1.807) is 0 Å². The third kappa shape index (κ3) is 7.15. The Labute approximate surface area is 94.9 Å². The number of nitrogens with one attached hydrogen (secondary N) is 1. The minimum absolute atomic E-state index is 1.09. The second-order valence-electron chi connectivity index (χ2n) is 3.48. The van der Waals surface area contributed by atoms with E-state index in [4.69, 9.17) is 0 Å². The number of rotatable bonds is 4. The molecule has 0 aromatic heterocycles. The molecule has 0 aliphatic carbocycles. The first-order chi connectivity index (χ1) is 7.28. The monoisotopic (exact) mass is 207 g/mol. The topological polar surface area (TPSA) is 12.0 Å². The van der Waals surface area contributed by atoms with Crippen LogP contribution in [0.5, 0.6) is 0 Å². The zero-order valence-electron chi connectivity index (χ0n) is 10.6. The van der Waals surface area contributed by atoms with Gasteiger partial charge in [0.2, 0.25) is 0 Å². The Bertz CT molecular complexity index is 201. The van der Waals surface area contributed by atoms with E-state index in [1.165, 1.54) is 11.1 Å². The molecule has 1 nitrogen and oxygen atoms in total. The molecular formula is C14H25N. The third-order valence-electron chi connectivity index (χ3n) is 2.34. The van der Waals surface area contributed by atoms with Crippen molar-refractivity contribution < 1.29 is 0 Å². The molecule has 0 spiro atoms. The fraction of sp³-hybridized carbons (Fsp3) is 0.571. The van der Waals surface area contributed by atoms with Crippen LogP contribution in [0, 0.1) is 0 Å². The van der Waals surface area contributed by atoms with Crippen molar-refractivity contribution >= 4 is 0 Å². The Balaban J connectivity index is 0.000000336. The fourth-order valence-corrected chi connectivity index (χ4v) is 1.26. The summed E-state index contributed by atoms with van der Waals surface area (Å²) in [5.41, 5.74) is 2.86. The summed E-state index contributed by atoms with van der Waals surface area (Å²) in [6, 6.07) is 8.83. The molecule has 1 aromatic carbocycles. The third-order valence-corrected chi connectivity index (χ3v) is 2.34. The molecule has 15 heavy (non-hydrogen) atoms. The number of hydrogen-bond donors (Lipinski definition) is 1. The standard InChI is InChI=1S/C10H14.C4H11N/c1-3-9-5-7-10(4-2)8-6-9;1-3-5-4-2/h5-8H,3-4H2,1-2H3;5H,3-4H2,1-2H3. The van der Waals surface area contributed by atoms with E-state index in [1.807, 2.05) is 0 Å². The molecule has 1 rings (SSSR count). The number of hydrogen-bond acceptors (Lipinski definition) is 1. The van der Waals surface area contributed by atoms with E-state index in [9.17, 15) is 0 Å². The van der Waals surface area contributed by atoms with E-state index < -0.39 is 0 Å². The zero-order valence-corrected chi connectivity index (χ0v) is 10.6. The van der Waals surface area contributed by atoms with Crippen LogP contribution in [0.2, 0.25) is 0 Å². The molecule has 0 amide bonds. The first kappa shape index (κ1) is 14.2. The van der Waals surface area contributed by atoms with Gasteiger partial charge < -0.3 is 5.32 Å². The first-order valence-electron chi connectivity index (χ1n) is 6.06. The zero-order chi connectivity index (χ0) is 11.5. The Hall–Kier alpha value is -0.820. The van der Waals surface area contributed by atoms with Crippen molar-refractivity contribution in [1.29, 1.82) is 0 Å². The largest absolute Gasteiger partial charge is 0.317 e. The molecule has 0 unspecified atom stereocenters. The van der Waals surface area contributed by atoms with Crippen molar-refractivity contribution in [3.8, 4) is 0 Å². The lowest BCUT2D eigenvalue weighted by molar-refractivity contribution is 0.762. The van der Waals surface area contributed by atoms with Crippen LogP contribution in [-0.2, 0) is 12.8 Å². The summed E-state index contributed by atoms with van der Waals surface area (Å²) in [7, 11) is 0. The van der Waals surface area contributed by atoms with Crippen LogP contribution >= 0.6 is 0 Å². The Morgan fingerprint density at radius 2 is 1.07 bits per heavy atom. The lowest BCUT2D eigenvalue weighted by Gasteiger charge is -1.97. The molecule has 0 saturated carbocycles. The van der Waals surface area contributed by atoms with Gasteiger partial charge >= 0.3 is 0 Å². The molecule has 0 heterocycles. The molecule has 1 heteroatoms. The quantitative estimate of drug-likeness (QED) is 0.797. The van der Waals surface area contributed by atoms with E-state index >= 15 is 0 Å². The van der Waals surface area contributed by atoms with Gasteiger partial charge in [-0.15, -0.1) is 0 Å². The van der Waals surface area contributed by atoms with Crippen LogP contribution in [0.25, 0.3) is 0 Å². The summed E-state index contributed by atoms with van der Waals surface area (Å²) in [5.74, 6) is 0. The highest BCUT2D eigenvalue weighted by molar-refractivity contribution is 5.22. The highest BCUT2D eigenvalue weighted by Gasteiger charge is 1.88. The smallest absolute Gasteiger partial charge is 0.00775 e. The van der Waals surface area contributed by atoms with Crippen molar-refractivity contribution in [2.24, 2.45) is 0 Å². The molecule has 0 saturated heterocycles. The molecule has 0 aliphatic heterocycles. The maximum atomic E-state index is 3.11. The maximum Gasteiger partial charge on any atom is -0.00775 e. The Kier molecular flexibility index (Phi) is 9.19. The molecule has 0 bridgehead atoms. The molecular weight excluding hydrogens is 182 g/mol. The molecule has 1 N–H and O–H groups in total. The SMILES string of the molecule is CCNCC.CCc1ccc(CC)cc1. The van der Waals surface area contributed by atoms with Gasteiger partial charge in [0.25, 0.3) is 0 Å². The Morgan fingerprint density at radius 1 is 0.733 bits per heavy atom. The van der Waals surface area contributed by atoms with Gasteiger partial charge in [-0.05, 0) is 37.1 Å². The van der Waals surface area contributed by atoms with Crippen LogP contribution < -0.4 is 5.32 Å². The second kappa shape index (κ2) is 9.72. The fourth-order valence-electron chi connectivity index (χ4n) is 1.26. The number of benzene rings is 1. The average molecular weight is 207 g/mol. The highest BCUT2D eigenvalue weighted by Crippen LogP contribution is 2.04. The molecule has 1 aromatic rings. The predicted octanol–water partition coefficient (Wildman–Crippen LogP) is 3.43. The second-order valence-corrected chi connectivity index (χ2v) is 3.48. The summed E-state index contributed by atoms with van der Waals surface area (Å²) < 4.78 is 0. The maximum absolute atomic E-state index is 3.11. The lowest BCUT2D eigenvalue weighted by atomic mass is 10.1. The van der Waals surface area contributed by atoms with E-state index in [0.717, 1.165) is 25.9 Å². The predicted molar refractivity (Wildman–Crippen MR) is 69.4 cm³/mol. The van der Waals surface area contributed by atoms with E-state index in [2.05, 4.69) is 57.3 Å². The van der Waals surface area contributed by atoms with Gasteiger partial charge in [-0.1, -0.05) is 52.0 Å². The molecule has 0 atom stereocenters. The van der Waals surface area contributed by atoms with Crippen molar-refractivity contribution in [2.75, 3.05) is 13.1 Å². The minimum atomic E-state index is 1.09. The van der Waals surface area contributed by atoms with Crippen molar-refractivity contribution in [2.45, 2.75) is 40.5 Å². The van der Waals surface area contributed by atoms with E-state index in [0.29, 0.717) is 0 Å². The van der Waals surface area contributed by atoms with Crippen molar-refractivity contribution in [3.05, 3.63) is 35.4 Å². The summed E-state index contributed by atoms with van der Waals surface area (Å²) in [6.07, 6.45) is 2.29. The van der Waals surface area contributed by atoms with Crippen molar-refractivity contribution in [3.63, 3.8) is 0 Å². The molecule has 0 fully saturated rings. The lowest BCUT2D eigenvalue weighted by Crippen LogP contribution is -2.09. The highest BCUT2D eigenvalue weighted by atomic mass is 14.8. The first-order valence-corrected chi connectivity index (χ1v) is 6.06. The van der Waals surface area contributed by atoms with Gasteiger partial charge in [0, 0.05) is 0 Å². The Morgan fingerprint density at radius 3 is 1.20 bits per heavy atom. The van der Waals surface area contributed by atoms with Crippen LogP contribution in [-0.4, -0.2) is 13.1 Å².